The molecule has 2 rings (SSSR count). The van der Waals surface area contributed by atoms with Crippen LogP contribution in [0.5, 0.6) is 0 Å². The molecule has 0 fully saturated rings. The van der Waals surface area contributed by atoms with Crippen LogP contribution >= 0.6 is 0 Å². The van der Waals surface area contributed by atoms with E-state index in [-0.39, 0.29) is 5.82 Å². The highest BCUT2D eigenvalue weighted by Gasteiger charge is 2.08. The number of benzene rings is 2. The lowest BCUT2D eigenvalue weighted by molar-refractivity contribution is 0.616. The summed E-state index contributed by atoms with van der Waals surface area (Å²) in [7, 11) is 1.91. The van der Waals surface area contributed by atoms with Crippen LogP contribution in [0.2, 0.25) is 0 Å². The van der Waals surface area contributed by atoms with Gasteiger partial charge in [0.15, 0.2) is 0 Å². The van der Waals surface area contributed by atoms with Gasteiger partial charge in [0, 0.05) is 20.1 Å². The summed E-state index contributed by atoms with van der Waals surface area (Å²) in [4.78, 5) is 1.93. The molecule has 2 aromatic rings. The Morgan fingerprint density at radius 3 is 2.45 bits per heavy atom. The summed E-state index contributed by atoms with van der Waals surface area (Å²) in [5.41, 5.74) is 2.78. The maximum absolute atomic E-state index is 14.2. The van der Waals surface area contributed by atoms with E-state index >= 15 is 0 Å². The highest BCUT2D eigenvalue weighted by Crippen LogP contribution is 2.21. The average Bonchev–Trinajstić information content (AvgIpc) is 2.46. The smallest absolute Gasteiger partial charge is 0.146 e. The van der Waals surface area contributed by atoms with Crippen LogP contribution < -0.4 is 10.2 Å². The maximum atomic E-state index is 14.2. The Morgan fingerprint density at radius 1 is 1.05 bits per heavy atom. The van der Waals surface area contributed by atoms with Crippen LogP contribution in [0.15, 0.2) is 48.5 Å². The molecular formula is C17H21FN2. The summed E-state index contributed by atoms with van der Waals surface area (Å²) in [5, 5.41) is 3.20. The van der Waals surface area contributed by atoms with Gasteiger partial charge in [0.1, 0.15) is 5.82 Å². The van der Waals surface area contributed by atoms with Gasteiger partial charge in [0.05, 0.1) is 5.69 Å². The molecule has 106 valence electrons. The minimum atomic E-state index is -0.168. The molecule has 2 nitrogen and oxygen atoms in total. The molecule has 0 aromatic heterocycles. The van der Waals surface area contributed by atoms with Gasteiger partial charge in [0.2, 0.25) is 0 Å². The van der Waals surface area contributed by atoms with E-state index in [4.69, 9.17) is 0 Å². The van der Waals surface area contributed by atoms with Crippen LogP contribution in [-0.4, -0.2) is 13.6 Å². The number of hydrogen-bond acceptors (Lipinski definition) is 2. The molecule has 0 saturated carbocycles. The standard InChI is InChI=1S/C17H21FN2/c1-3-19-12-15-9-10-17(16(18)11-15)20(2)13-14-7-5-4-6-8-14/h4-11,19H,3,12-13H2,1-2H3. The Morgan fingerprint density at radius 2 is 1.80 bits per heavy atom. The summed E-state index contributed by atoms with van der Waals surface area (Å²) in [6.45, 7) is 4.33. The first-order valence-corrected chi connectivity index (χ1v) is 6.95. The number of halogens is 1. The molecule has 0 heterocycles. The molecular weight excluding hydrogens is 251 g/mol. The molecule has 0 aliphatic carbocycles. The molecule has 0 spiro atoms. The predicted octanol–water partition coefficient (Wildman–Crippen LogP) is 3.57. The van der Waals surface area contributed by atoms with Crippen LogP contribution in [0.3, 0.4) is 0 Å². The van der Waals surface area contributed by atoms with Crippen LogP contribution in [0.25, 0.3) is 0 Å². The highest BCUT2D eigenvalue weighted by molar-refractivity contribution is 5.49. The maximum Gasteiger partial charge on any atom is 0.146 e. The van der Waals surface area contributed by atoms with Crippen molar-refractivity contribution in [2.24, 2.45) is 0 Å². The van der Waals surface area contributed by atoms with E-state index in [9.17, 15) is 4.39 Å². The van der Waals surface area contributed by atoms with E-state index in [1.807, 2.05) is 61.3 Å². The summed E-state index contributed by atoms with van der Waals surface area (Å²) < 4.78 is 14.2. The van der Waals surface area contributed by atoms with Gasteiger partial charge < -0.3 is 10.2 Å². The van der Waals surface area contributed by atoms with Gasteiger partial charge in [0.25, 0.3) is 0 Å². The number of nitrogens with zero attached hydrogens (tertiary/aromatic N) is 1. The van der Waals surface area contributed by atoms with Crippen LogP contribution in [0.1, 0.15) is 18.1 Å². The first-order valence-electron chi connectivity index (χ1n) is 6.95. The van der Waals surface area contributed by atoms with Crippen molar-refractivity contribution >= 4 is 5.69 Å². The van der Waals surface area contributed by atoms with E-state index in [1.165, 1.54) is 5.56 Å². The van der Waals surface area contributed by atoms with Crippen molar-refractivity contribution in [2.45, 2.75) is 20.0 Å². The fourth-order valence-electron chi connectivity index (χ4n) is 2.18. The van der Waals surface area contributed by atoms with Gasteiger partial charge in [-0.3, -0.25) is 0 Å². The van der Waals surface area contributed by atoms with Crippen LogP contribution in [-0.2, 0) is 13.1 Å². The van der Waals surface area contributed by atoms with Crippen LogP contribution in [0, 0.1) is 5.82 Å². The lowest BCUT2D eigenvalue weighted by atomic mass is 10.1. The molecule has 1 N–H and O–H groups in total. The van der Waals surface area contributed by atoms with Crippen molar-refractivity contribution < 1.29 is 4.39 Å². The first-order chi connectivity index (χ1) is 9.70. The highest BCUT2D eigenvalue weighted by atomic mass is 19.1. The third kappa shape index (κ3) is 3.81. The van der Waals surface area contributed by atoms with Crippen LogP contribution in [0.4, 0.5) is 10.1 Å². The van der Waals surface area contributed by atoms with Crippen molar-refractivity contribution in [3.63, 3.8) is 0 Å². The topological polar surface area (TPSA) is 15.3 Å². The zero-order chi connectivity index (χ0) is 14.4. The van der Waals surface area contributed by atoms with E-state index in [2.05, 4.69) is 5.32 Å². The van der Waals surface area contributed by atoms with Crippen molar-refractivity contribution in [3.05, 3.63) is 65.5 Å². The monoisotopic (exact) mass is 272 g/mol. The van der Waals surface area contributed by atoms with E-state index in [0.717, 1.165) is 12.1 Å². The van der Waals surface area contributed by atoms with Gasteiger partial charge >= 0.3 is 0 Å². The van der Waals surface area contributed by atoms with E-state index < -0.39 is 0 Å². The van der Waals surface area contributed by atoms with Crippen molar-refractivity contribution in [1.82, 2.24) is 5.32 Å². The minimum Gasteiger partial charge on any atom is -0.368 e. The van der Waals surface area contributed by atoms with Gasteiger partial charge in [-0.15, -0.1) is 0 Å². The summed E-state index contributed by atoms with van der Waals surface area (Å²) >= 11 is 0. The SMILES string of the molecule is CCNCc1ccc(N(C)Cc2ccccc2)c(F)c1. The minimum absolute atomic E-state index is 0.168. The largest absolute Gasteiger partial charge is 0.368 e. The Hall–Kier alpha value is -1.87. The number of hydrogen-bond donors (Lipinski definition) is 1. The molecule has 0 saturated heterocycles. The Labute approximate surface area is 120 Å². The summed E-state index contributed by atoms with van der Waals surface area (Å²) in [5.74, 6) is -0.168. The van der Waals surface area contributed by atoms with E-state index in [1.54, 1.807) is 6.07 Å². The van der Waals surface area contributed by atoms with Gasteiger partial charge in [-0.1, -0.05) is 43.3 Å². The van der Waals surface area contributed by atoms with Gasteiger partial charge in [-0.25, -0.2) is 4.39 Å². The van der Waals surface area contributed by atoms with Crippen molar-refractivity contribution in [3.8, 4) is 0 Å². The summed E-state index contributed by atoms with van der Waals surface area (Å²) in [6.07, 6.45) is 0. The molecule has 0 radical (unpaired) electrons. The number of anilines is 1. The second kappa shape index (κ2) is 7.06. The average molecular weight is 272 g/mol. The lowest BCUT2D eigenvalue weighted by Crippen LogP contribution is -2.18. The molecule has 0 amide bonds. The Balaban J connectivity index is 2.08. The lowest BCUT2D eigenvalue weighted by Gasteiger charge is -2.20. The zero-order valence-electron chi connectivity index (χ0n) is 12.1. The summed E-state index contributed by atoms with van der Waals surface area (Å²) in [6, 6.07) is 15.5. The number of nitrogens with one attached hydrogen (secondary N) is 1. The first kappa shape index (κ1) is 14.5. The molecule has 0 unspecified atom stereocenters. The molecule has 2 aromatic carbocycles. The van der Waals surface area contributed by atoms with Gasteiger partial charge in [-0.05, 0) is 29.8 Å². The molecule has 0 aliphatic rings. The molecule has 0 atom stereocenters. The molecule has 0 bridgehead atoms. The second-order valence-electron chi connectivity index (χ2n) is 4.91. The number of rotatable bonds is 6. The van der Waals surface area contributed by atoms with Crippen molar-refractivity contribution in [2.75, 3.05) is 18.5 Å². The molecule has 3 heteroatoms. The molecule has 20 heavy (non-hydrogen) atoms. The molecule has 0 aliphatic heterocycles. The van der Waals surface area contributed by atoms with Gasteiger partial charge in [-0.2, -0.15) is 0 Å². The van der Waals surface area contributed by atoms with Crippen molar-refractivity contribution in [1.29, 1.82) is 0 Å². The Bertz CT molecular complexity index is 540. The zero-order valence-corrected chi connectivity index (χ0v) is 12.1. The fraction of sp³-hybridized carbons (Fsp3) is 0.294. The second-order valence-corrected chi connectivity index (χ2v) is 4.91. The van der Waals surface area contributed by atoms with E-state index in [0.29, 0.717) is 18.8 Å². The Kier molecular flexibility index (Phi) is 5.13. The quantitative estimate of drug-likeness (QED) is 0.865. The normalized spacial score (nSPS) is 10.6. The predicted molar refractivity (Wildman–Crippen MR) is 82.3 cm³/mol. The fourth-order valence-corrected chi connectivity index (χ4v) is 2.18. The third-order valence-corrected chi connectivity index (χ3v) is 3.27. The third-order valence-electron chi connectivity index (χ3n) is 3.27.